The third-order valence-electron chi connectivity index (χ3n) is 0. The number of halogens is 2. The van der Waals surface area contributed by atoms with Gasteiger partial charge >= 0.3 is 57.9 Å². The predicted octanol–water partition coefficient (Wildman–Crippen LogP) is 1.30. The molecule has 0 aliphatic rings. The SMILES string of the molecule is [C-]#[O+].[C-]#[O+].[Cl][Pt][Cl]. The molecule has 0 aromatic heterocycles. The van der Waals surface area contributed by atoms with Crippen molar-refractivity contribution in [1.29, 1.82) is 0 Å². The van der Waals surface area contributed by atoms with E-state index in [2.05, 4.69) is 13.3 Å². The van der Waals surface area contributed by atoms with Gasteiger partial charge in [-0.3, -0.25) is 0 Å². The average Bonchev–Trinajstić information content (AvgIpc) is 1.78. The Hall–Kier alpha value is 0.748. The van der Waals surface area contributed by atoms with E-state index in [1.54, 1.807) is 0 Å². The molecular formula is C2Cl2O2Pt. The number of hydrogen-bond donors (Lipinski definition) is 0. The Balaban J connectivity index is -0.0000000360. The molecule has 7 heavy (non-hydrogen) atoms. The second kappa shape index (κ2) is 73.0. The molecule has 44 valence electrons. The third-order valence-corrected chi connectivity index (χ3v) is 0. The van der Waals surface area contributed by atoms with Gasteiger partial charge in [-0.25, -0.2) is 0 Å². The molecule has 0 unspecified atom stereocenters. The molecule has 0 amide bonds. The van der Waals surface area contributed by atoms with E-state index in [1.165, 1.54) is 0 Å². The molecule has 0 radical (unpaired) electrons. The van der Waals surface area contributed by atoms with Crippen LogP contribution in [0.5, 0.6) is 0 Å². The maximum atomic E-state index is 7.50. The maximum absolute atomic E-state index is 7.50. The Morgan fingerprint density at radius 1 is 1.00 bits per heavy atom. The van der Waals surface area contributed by atoms with Crippen LogP contribution >= 0.6 is 18.8 Å². The Bertz CT molecular complexity index is 37.4. The van der Waals surface area contributed by atoms with E-state index < -0.39 is 16.5 Å². The molecule has 0 saturated carbocycles. The van der Waals surface area contributed by atoms with Gasteiger partial charge in [-0.15, -0.1) is 0 Å². The summed E-state index contributed by atoms with van der Waals surface area (Å²) in [5.41, 5.74) is 0. The van der Waals surface area contributed by atoms with Crippen LogP contribution in [0.3, 0.4) is 0 Å². The fourth-order valence-electron chi connectivity index (χ4n) is 0. The van der Waals surface area contributed by atoms with Gasteiger partial charge in [0.25, 0.3) is 0 Å². The molecule has 0 saturated heterocycles. The van der Waals surface area contributed by atoms with Crippen LogP contribution in [0.2, 0.25) is 0 Å². The van der Waals surface area contributed by atoms with Gasteiger partial charge < -0.3 is 0 Å². The topological polar surface area (TPSA) is 39.8 Å². The second-order valence-corrected chi connectivity index (χ2v) is 3.33. The van der Waals surface area contributed by atoms with Crippen LogP contribution in [0.15, 0.2) is 0 Å². The zero-order valence-corrected chi connectivity index (χ0v) is 6.67. The van der Waals surface area contributed by atoms with E-state index in [4.69, 9.17) is 28.1 Å². The van der Waals surface area contributed by atoms with E-state index in [0.717, 1.165) is 0 Å². The predicted molar refractivity (Wildman–Crippen MR) is 19.6 cm³/mol. The molecular weight excluding hydrogens is 322 g/mol. The average molecular weight is 322 g/mol. The van der Waals surface area contributed by atoms with Crippen molar-refractivity contribution >= 4 is 18.8 Å². The van der Waals surface area contributed by atoms with Crippen molar-refractivity contribution < 1.29 is 25.8 Å². The van der Waals surface area contributed by atoms with Crippen LogP contribution < -0.4 is 0 Å². The Morgan fingerprint density at radius 3 is 1.00 bits per heavy atom. The van der Waals surface area contributed by atoms with Crippen molar-refractivity contribution in [2.45, 2.75) is 0 Å². The molecule has 0 aliphatic carbocycles. The summed E-state index contributed by atoms with van der Waals surface area (Å²) in [7, 11) is 9.75. The number of rotatable bonds is 0. The van der Waals surface area contributed by atoms with Crippen molar-refractivity contribution in [3.8, 4) is 0 Å². The van der Waals surface area contributed by atoms with E-state index in [-0.39, 0.29) is 0 Å². The first-order chi connectivity index (χ1) is 3.41. The van der Waals surface area contributed by atoms with Gasteiger partial charge in [0.1, 0.15) is 0 Å². The van der Waals surface area contributed by atoms with Gasteiger partial charge in [0, 0.05) is 0 Å². The first-order valence-corrected chi connectivity index (χ1v) is 6.28. The Morgan fingerprint density at radius 2 is 1.00 bits per heavy atom. The summed E-state index contributed by atoms with van der Waals surface area (Å²) in [4.78, 5) is 0. The van der Waals surface area contributed by atoms with Crippen LogP contribution in [0.1, 0.15) is 0 Å². The minimum absolute atomic E-state index is 0.472. The molecule has 0 fully saturated rings. The summed E-state index contributed by atoms with van der Waals surface area (Å²) in [6, 6.07) is 0. The quantitative estimate of drug-likeness (QED) is 0.477. The molecule has 0 aromatic carbocycles. The summed E-state index contributed by atoms with van der Waals surface area (Å²) < 4.78 is 15.0. The summed E-state index contributed by atoms with van der Waals surface area (Å²) in [5.74, 6) is 0. The van der Waals surface area contributed by atoms with Crippen LogP contribution in [0, 0.1) is 13.3 Å². The summed E-state index contributed by atoms with van der Waals surface area (Å²) in [5, 5.41) is 0. The minimum atomic E-state index is -0.472. The normalized spacial score (nSPS) is 3.71. The molecule has 0 spiro atoms. The van der Waals surface area contributed by atoms with Gasteiger partial charge in [0.05, 0.1) is 0 Å². The van der Waals surface area contributed by atoms with Gasteiger partial charge in [-0.1, -0.05) is 0 Å². The van der Waals surface area contributed by atoms with Crippen molar-refractivity contribution in [1.82, 2.24) is 0 Å². The summed E-state index contributed by atoms with van der Waals surface area (Å²) >= 11 is -0.472. The zero-order chi connectivity index (χ0) is 6.71. The van der Waals surface area contributed by atoms with Crippen molar-refractivity contribution in [3.05, 3.63) is 13.3 Å². The van der Waals surface area contributed by atoms with Crippen LogP contribution in [0.25, 0.3) is 0 Å². The molecule has 5 heteroatoms. The fraction of sp³-hybridized carbons (Fsp3) is 0. The Kier molecular flexibility index (Phi) is 163. The van der Waals surface area contributed by atoms with Crippen molar-refractivity contribution in [2.24, 2.45) is 0 Å². The van der Waals surface area contributed by atoms with Gasteiger partial charge in [0.15, 0.2) is 0 Å². The second-order valence-electron chi connectivity index (χ2n) is 0.0452. The van der Waals surface area contributed by atoms with Crippen LogP contribution in [-0.4, -0.2) is 0 Å². The standard InChI is InChI=1S/2CO.2ClH.Pt/c2*1-2;;;/h;;2*1H;/q;;;;+2/p-2. The molecule has 0 atom stereocenters. The van der Waals surface area contributed by atoms with Crippen LogP contribution in [0.4, 0.5) is 0 Å². The molecule has 0 bridgehead atoms. The van der Waals surface area contributed by atoms with Crippen LogP contribution in [-0.2, 0) is 25.8 Å². The van der Waals surface area contributed by atoms with Crippen molar-refractivity contribution in [2.75, 3.05) is 0 Å². The van der Waals surface area contributed by atoms with E-state index in [0.29, 0.717) is 0 Å². The zero-order valence-electron chi connectivity index (χ0n) is 2.89. The van der Waals surface area contributed by atoms with Gasteiger partial charge in [0.2, 0.25) is 0 Å². The molecule has 0 rings (SSSR count). The Labute approximate surface area is 58.0 Å². The van der Waals surface area contributed by atoms with Gasteiger partial charge in [-0.05, 0) is 0 Å². The first kappa shape index (κ1) is 15.7. The molecule has 0 heterocycles. The monoisotopic (exact) mass is 321 g/mol. The fourth-order valence-corrected chi connectivity index (χ4v) is 0. The van der Waals surface area contributed by atoms with E-state index in [1.807, 2.05) is 0 Å². The van der Waals surface area contributed by atoms with Gasteiger partial charge in [-0.2, -0.15) is 0 Å². The third kappa shape index (κ3) is 272. The first-order valence-electron chi connectivity index (χ1n) is 0.647. The summed E-state index contributed by atoms with van der Waals surface area (Å²) in [6.07, 6.45) is 0. The molecule has 0 aliphatic heterocycles. The molecule has 0 aromatic rings. The molecule has 2 nitrogen and oxygen atoms in total. The number of hydrogen-bond acceptors (Lipinski definition) is 0. The van der Waals surface area contributed by atoms with Crippen molar-refractivity contribution in [3.63, 3.8) is 0 Å². The van der Waals surface area contributed by atoms with E-state index in [9.17, 15) is 0 Å². The van der Waals surface area contributed by atoms with E-state index >= 15 is 0 Å². The molecule has 0 N–H and O–H groups in total. The summed E-state index contributed by atoms with van der Waals surface area (Å²) in [6.45, 7) is 9.00.